The molecule has 0 spiro atoms. The molecule has 4 aliphatic carbocycles. The van der Waals surface area contributed by atoms with Crippen LogP contribution in [-0.4, -0.2) is 28.7 Å². The zero-order valence-electron chi connectivity index (χ0n) is 17.4. The van der Waals surface area contributed by atoms with Crippen molar-refractivity contribution >= 4 is 17.5 Å². The van der Waals surface area contributed by atoms with E-state index in [4.69, 9.17) is 4.74 Å². The molecule has 154 valence electrons. The van der Waals surface area contributed by atoms with Crippen molar-refractivity contribution in [3.63, 3.8) is 0 Å². The van der Waals surface area contributed by atoms with E-state index in [0.717, 1.165) is 37.7 Å². The predicted molar refractivity (Wildman–Crippen MR) is 103 cm³/mol. The highest BCUT2D eigenvalue weighted by atomic mass is 16.5. The van der Waals surface area contributed by atoms with Gasteiger partial charge in [-0.2, -0.15) is 0 Å². The SMILES string of the molecule is CC(=O)O[C@@H](C)[C@@H]1CC(=O)[C@@]2(C)CC[C@H]3[C@@H](CCC4=C(O)C(=O)CC[C@@]43C)[C@H]12. The number of Topliss-reactive ketones (excluding diaryl/α,β-unsaturated/α-hetero) is 2. The standard InChI is InChI=1S/C23H32O5/c1-12(28-13(2)24)15-11-19(26)23(4)9-7-16-14(20(15)23)5-6-17-21(27)18(25)8-10-22(16,17)3/h12,14-16,20,27H,5-11H2,1-4H3/t12-,14+,15-,16-,20+,22+,23+/m0/s1. The molecule has 4 rings (SSSR count). The van der Waals surface area contributed by atoms with Crippen LogP contribution < -0.4 is 0 Å². The van der Waals surface area contributed by atoms with Gasteiger partial charge in [0.1, 0.15) is 11.9 Å². The lowest BCUT2D eigenvalue weighted by atomic mass is 9.46. The fourth-order valence-corrected chi connectivity index (χ4v) is 7.43. The van der Waals surface area contributed by atoms with Crippen molar-refractivity contribution in [3.8, 4) is 0 Å². The van der Waals surface area contributed by atoms with E-state index in [-0.39, 0.29) is 46.3 Å². The van der Waals surface area contributed by atoms with Gasteiger partial charge in [0.25, 0.3) is 0 Å². The number of carbonyl (C=O) groups is 3. The molecule has 5 heteroatoms. The number of carbonyl (C=O) groups excluding carboxylic acids is 3. The van der Waals surface area contributed by atoms with Gasteiger partial charge in [-0.25, -0.2) is 0 Å². The minimum atomic E-state index is -0.343. The van der Waals surface area contributed by atoms with E-state index in [1.807, 2.05) is 6.92 Å². The first-order valence-electron chi connectivity index (χ1n) is 10.8. The first-order chi connectivity index (χ1) is 13.1. The van der Waals surface area contributed by atoms with E-state index in [9.17, 15) is 19.5 Å². The van der Waals surface area contributed by atoms with Crippen molar-refractivity contribution in [2.24, 2.45) is 34.5 Å². The maximum atomic E-state index is 13.0. The number of aliphatic hydroxyl groups is 1. The van der Waals surface area contributed by atoms with E-state index in [1.165, 1.54) is 6.92 Å². The first kappa shape index (κ1) is 19.7. The van der Waals surface area contributed by atoms with Gasteiger partial charge >= 0.3 is 5.97 Å². The average Bonchev–Trinajstić information content (AvgIpc) is 2.90. The number of rotatable bonds is 2. The molecule has 3 fully saturated rings. The molecule has 0 heterocycles. The summed E-state index contributed by atoms with van der Waals surface area (Å²) >= 11 is 0. The van der Waals surface area contributed by atoms with Crippen LogP contribution in [0.15, 0.2) is 11.3 Å². The van der Waals surface area contributed by atoms with Gasteiger partial charge in [-0.3, -0.25) is 14.4 Å². The van der Waals surface area contributed by atoms with Crippen LogP contribution in [0.3, 0.4) is 0 Å². The minimum absolute atomic E-state index is 0.00728. The Balaban J connectivity index is 1.71. The number of allylic oxidation sites excluding steroid dienone is 1. The maximum absolute atomic E-state index is 13.0. The third kappa shape index (κ3) is 2.61. The fourth-order valence-electron chi connectivity index (χ4n) is 7.43. The van der Waals surface area contributed by atoms with Crippen molar-refractivity contribution in [3.05, 3.63) is 11.3 Å². The van der Waals surface area contributed by atoms with Crippen molar-refractivity contribution in [2.45, 2.75) is 78.7 Å². The molecule has 4 aliphatic rings. The highest BCUT2D eigenvalue weighted by Crippen LogP contribution is 2.66. The second kappa shape index (κ2) is 6.43. The summed E-state index contributed by atoms with van der Waals surface area (Å²) in [7, 11) is 0. The average molecular weight is 389 g/mol. The van der Waals surface area contributed by atoms with E-state index in [0.29, 0.717) is 30.5 Å². The largest absolute Gasteiger partial charge is 0.504 e. The molecule has 5 nitrogen and oxygen atoms in total. The van der Waals surface area contributed by atoms with E-state index < -0.39 is 0 Å². The molecule has 0 aliphatic heterocycles. The fraction of sp³-hybridized carbons (Fsp3) is 0.783. The summed E-state index contributed by atoms with van der Waals surface area (Å²) in [6, 6.07) is 0. The number of esters is 1. The molecular formula is C23H32O5. The van der Waals surface area contributed by atoms with Gasteiger partial charge in [0.05, 0.1) is 0 Å². The van der Waals surface area contributed by atoms with E-state index >= 15 is 0 Å². The van der Waals surface area contributed by atoms with Gasteiger partial charge in [-0.05, 0) is 67.8 Å². The number of hydrogen-bond donors (Lipinski definition) is 1. The quantitative estimate of drug-likeness (QED) is 0.719. The lowest BCUT2D eigenvalue weighted by molar-refractivity contribution is -0.151. The molecule has 7 atom stereocenters. The molecule has 0 unspecified atom stereocenters. The van der Waals surface area contributed by atoms with Gasteiger partial charge in [-0.1, -0.05) is 13.8 Å². The Morgan fingerprint density at radius 3 is 2.54 bits per heavy atom. The molecule has 0 amide bonds. The Hall–Kier alpha value is -1.65. The summed E-state index contributed by atoms with van der Waals surface area (Å²) < 4.78 is 5.53. The number of aliphatic hydroxyl groups excluding tert-OH is 1. The Kier molecular flexibility index (Phi) is 4.51. The summed E-state index contributed by atoms with van der Waals surface area (Å²) in [5.74, 6) is 0.890. The second-order valence-corrected chi connectivity index (χ2v) is 10.1. The molecule has 28 heavy (non-hydrogen) atoms. The summed E-state index contributed by atoms with van der Waals surface area (Å²) in [6.45, 7) is 7.68. The Labute approximate surface area is 166 Å². The number of ketones is 2. The zero-order chi connectivity index (χ0) is 20.4. The number of hydrogen-bond acceptors (Lipinski definition) is 5. The Morgan fingerprint density at radius 2 is 1.86 bits per heavy atom. The minimum Gasteiger partial charge on any atom is -0.504 e. The summed E-state index contributed by atoms with van der Waals surface area (Å²) in [4.78, 5) is 36.6. The molecule has 0 radical (unpaired) electrons. The third-order valence-corrected chi connectivity index (χ3v) is 8.82. The molecule has 0 aromatic heterocycles. The van der Waals surface area contributed by atoms with Gasteiger partial charge in [0.2, 0.25) is 0 Å². The van der Waals surface area contributed by atoms with E-state index in [2.05, 4.69) is 13.8 Å². The van der Waals surface area contributed by atoms with Crippen LogP contribution in [0, 0.1) is 34.5 Å². The smallest absolute Gasteiger partial charge is 0.302 e. The summed E-state index contributed by atoms with van der Waals surface area (Å²) in [5.41, 5.74) is 0.440. The topological polar surface area (TPSA) is 80.7 Å². The van der Waals surface area contributed by atoms with Crippen LogP contribution >= 0.6 is 0 Å². The molecular weight excluding hydrogens is 356 g/mol. The lowest BCUT2D eigenvalue weighted by Crippen LogP contribution is -2.53. The lowest BCUT2D eigenvalue weighted by Gasteiger charge is -2.57. The van der Waals surface area contributed by atoms with Gasteiger partial charge in [0.15, 0.2) is 11.5 Å². The van der Waals surface area contributed by atoms with Crippen molar-refractivity contribution in [1.82, 2.24) is 0 Å². The van der Waals surface area contributed by atoms with Gasteiger partial charge in [0, 0.05) is 31.1 Å². The van der Waals surface area contributed by atoms with Gasteiger partial charge < -0.3 is 9.84 Å². The highest BCUT2D eigenvalue weighted by Gasteiger charge is 2.63. The predicted octanol–water partition coefficient (Wildman–Crippen LogP) is 4.15. The van der Waals surface area contributed by atoms with Crippen LogP contribution in [0.5, 0.6) is 0 Å². The van der Waals surface area contributed by atoms with Crippen LogP contribution in [0.25, 0.3) is 0 Å². The van der Waals surface area contributed by atoms with Gasteiger partial charge in [-0.15, -0.1) is 0 Å². The number of ether oxygens (including phenoxy) is 1. The first-order valence-corrected chi connectivity index (χ1v) is 10.8. The molecule has 3 saturated carbocycles. The Bertz CT molecular complexity index is 767. The molecule has 0 aromatic carbocycles. The monoisotopic (exact) mass is 388 g/mol. The molecule has 0 bridgehead atoms. The molecule has 0 aromatic rings. The van der Waals surface area contributed by atoms with E-state index in [1.54, 1.807) is 0 Å². The van der Waals surface area contributed by atoms with Crippen LogP contribution in [0.1, 0.15) is 72.6 Å². The summed E-state index contributed by atoms with van der Waals surface area (Å²) in [6.07, 6.45) is 4.84. The van der Waals surface area contributed by atoms with Crippen molar-refractivity contribution in [1.29, 1.82) is 0 Å². The second-order valence-electron chi connectivity index (χ2n) is 10.1. The molecule has 1 N–H and O–H groups in total. The summed E-state index contributed by atoms with van der Waals surface area (Å²) in [5, 5.41) is 10.5. The van der Waals surface area contributed by atoms with Crippen LogP contribution in [-0.2, 0) is 19.1 Å². The Morgan fingerprint density at radius 1 is 1.14 bits per heavy atom. The maximum Gasteiger partial charge on any atom is 0.302 e. The highest BCUT2D eigenvalue weighted by molar-refractivity contribution is 5.95. The van der Waals surface area contributed by atoms with Crippen LogP contribution in [0.4, 0.5) is 0 Å². The van der Waals surface area contributed by atoms with Crippen molar-refractivity contribution < 1.29 is 24.2 Å². The van der Waals surface area contributed by atoms with Crippen molar-refractivity contribution in [2.75, 3.05) is 0 Å². The van der Waals surface area contributed by atoms with Crippen LogP contribution in [0.2, 0.25) is 0 Å². The third-order valence-electron chi connectivity index (χ3n) is 8.82. The normalized spacial score (nSPS) is 43.9. The zero-order valence-corrected chi connectivity index (χ0v) is 17.4. The molecule has 0 saturated heterocycles. The number of fused-ring (bicyclic) bond motifs is 5.